The van der Waals surface area contributed by atoms with E-state index in [0.717, 1.165) is 10.9 Å². The molecule has 0 aliphatic heterocycles. The van der Waals surface area contributed by atoms with Gasteiger partial charge in [-0.15, -0.1) is 11.3 Å². The molecular formula is C21H17ClN6O4S. The molecule has 0 atom stereocenters. The molecule has 0 unspecified atom stereocenters. The van der Waals surface area contributed by atoms with Crippen molar-refractivity contribution in [2.24, 2.45) is 0 Å². The van der Waals surface area contributed by atoms with Gasteiger partial charge in [0.05, 0.1) is 15.5 Å². The molecule has 10 nitrogen and oxygen atoms in total. The summed E-state index contributed by atoms with van der Waals surface area (Å²) in [5.41, 5.74) is 0.0906. The number of amides is 1. The minimum Gasteiger partial charge on any atom is -0.306 e. The fraction of sp³-hybridized carbons (Fsp3) is 0.143. The third kappa shape index (κ3) is 4.69. The number of aromatic nitrogens is 4. The summed E-state index contributed by atoms with van der Waals surface area (Å²) in [5.74, 6) is -0.511. The van der Waals surface area contributed by atoms with Gasteiger partial charge in [0.2, 0.25) is 5.95 Å². The van der Waals surface area contributed by atoms with Crippen LogP contribution in [0.2, 0.25) is 5.02 Å². The molecule has 4 aromatic rings. The molecule has 12 heteroatoms. The number of nitrogens with one attached hydrogen (secondary N) is 2. The molecule has 2 N–H and O–H groups in total. The normalized spacial score (nSPS) is 11.0. The van der Waals surface area contributed by atoms with Crippen molar-refractivity contribution in [1.82, 2.24) is 19.7 Å². The number of anilines is 1. The van der Waals surface area contributed by atoms with Gasteiger partial charge >= 0.3 is 0 Å². The predicted molar refractivity (Wildman–Crippen MR) is 125 cm³/mol. The Morgan fingerprint density at radius 3 is 2.73 bits per heavy atom. The Bertz CT molecular complexity index is 1410. The van der Waals surface area contributed by atoms with E-state index in [0.29, 0.717) is 11.4 Å². The maximum absolute atomic E-state index is 13.0. The second-order valence-electron chi connectivity index (χ2n) is 7.33. The van der Waals surface area contributed by atoms with Crippen LogP contribution in [-0.4, -0.2) is 30.6 Å². The molecule has 1 aromatic carbocycles. The van der Waals surface area contributed by atoms with Crippen LogP contribution in [0.15, 0.2) is 52.6 Å². The van der Waals surface area contributed by atoms with Crippen molar-refractivity contribution in [3.63, 3.8) is 0 Å². The van der Waals surface area contributed by atoms with Crippen LogP contribution >= 0.6 is 22.9 Å². The summed E-state index contributed by atoms with van der Waals surface area (Å²) < 4.78 is 1.29. The van der Waals surface area contributed by atoms with Crippen LogP contribution < -0.4 is 10.9 Å². The number of nitro benzene ring substituents is 1. The first-order valence-electron chi connectivity index (χ1n) is 9.74. The highest BCUT2D eigenvalue weighted by Crippen LogP contribution is 2.29. The van der Waals surface area contributed by atoms with Crippen LogP contribution in [0, 0.1) is 10.1 Å². The lowest BCUT2D eigenvalue weighted by Gasteiger charge is -2.10. The molecule has 168 valence electrons. The second kappa shape index (κ2) is 8.96. The largest absolute Gasteiger partial charge is 0.306 e. The van der Waals surface area contributed by atoms with Crippen molar-refractivity contribution in [3.05, 3.63) is 84.6 Å². The highest BCUT2D eigenvalue weighted by atomic mass is 35.5. The van der Waals surface area contributed by atoms with Crippen molar-refractivity contribution in [2.75, 3.05) is 5.32 Å². The standard InChI is InChI=1S/C21H17ClN6O4S/c1-11(2)14-10-19(29)25-21(23-14)27-18(9-15(26-27)17-4-3-7-33-17)24-20(30)13-8-12(22)5-6-16(13)28(31)32/h3-11H,1-2H3,(H,24,30)(H,23,25,29). The number of carbonyl (C=O) groups is 1. The van der Waals surface area contributed by atoms with Gasteiger partial charge < -0.3 is 5.32 Å². The van der Waals surface area contributed by atoms with Crippen molar-refractivity contribution in [3.8, 4) is 16.5 Å². The van der Waals surface area contributed by atoms with Crippen molar-refractivity contribution in [2.45, 2.75) is 19.8 Å². The maximum Gasteiger partial charge on any atom is 0.282 e. The second-order valence-corrected chi connectivity index (χ2v) is 8.71. The van der Waals surface area contributed by atoms with Gasteiger partial charge in [0.1, 0.15) is 17.1 Å². The van der Waals surface area contributed by atoms with Gasteiger partial charge in [-0.1, -0.05) is 31.5 Å². The van der Waals surface area contributed by atoms with Crippen LogP contribution in [0.4, 0.5) is 11.5 Å². The zero-order valence-electron chi connectivity index (χ0n) is 17.4. The first-order valence-corrected chi connectivity index (χ1v) is 11.0. The van der Waals surface area contributed by atoms with Crippen molar-refractivity contribution >= 4 is 40.4 Å². The summed E-state index contributed by atoms with van der Waals surface area (Å²) in [4.78, 5) is 43.9. The van der Waals surface area contributed by atoms with Gasteiger partial charge in [-0.2, -0.15) is 9.78 Å². The van der Waals surface area contributed by atoms with Gasteiger partial charge in [-0.3, -0.25) is 24.7 Å². The van der Waals surface area contributed by atoms with E-state index in [1.165, 1.54) is 34.2 Å². The van der Waals surface area contributed by atoms with Gasteiger partial charge in [0.25, 0.3) is 17.2 Å². The van der Waals surface area contributed by atoms with E-state index in [4.69, 9.17) is 11.6 Å². The lowest BCUT2D eigenvalue weighted by molar-refractivity contribution is -0.385. The summed E-state index contributed by atoms with van der Waals surface area (Å²) in [5, 5.41) is 20.6. The number of H-pyrrole nitrogens is 1. The van der Waals surface area contributed by atoms with Crippen LogP contribution in [-0.2, 0) is 0 Å². The van der Waals surface area contributed by atoms with Crippen LogP contribution in [0.1, 0.15) is 35.8 Å². The minimum absolute atomic E-state index is 0.0227. The van der Waals surface area contributed by atoms with E-state index in [9.17, 15) is 19.7 Å². The summed E-state index contributed by atoms with van der Waals surface area (Å²) in [6.45, 7) is 3.79. The van der Waals surface area contributed by atoms with Gasteiger partial charge in [-0.05, 0) is 29.5 Å². The smallest absolute Gasteiger partial charge is 0.282 e. The average Bonchev–Trinajstić information content (AvgIpc) is 3.43. The number of halogens is 1. The number of rotatable bonds is 6. The summed E-state index contributed by atoms with van der Waals surface area (Å²) >= 11 is 7.40. The first kappa shape index (κ1) is 22.4. The molecule has 0 bridgehead atoms. The topological polar surface area (TPSA) is 136 Å². The third-order valence-electron chi connectivity index (χ3n) is 4.67. The number of carbonyl (C=O) groups excluding carboxylic acids is 1. The highest BCUT2D eigenvalue weighted by Gasteiger charge is 2.23. The molecule has 0 spiro atoms. The lowest BCUT2D eigenvalue weighted by atomic mass is 10.1. The first-order chi connectivity index (χ1) is 15.7. The molecule has 0 saturated carbocycles. The van der Waals surface area contributed by atoms with E-state index in [1.807, 2.05) is 31.4 Å². The van der Waals surface area contributed by atoms with E-state index >= 15 is 0 Å². The number of hydrogen-bond acceptors (Lipinski definition) is 7. The zero-order valence-corrected chi connectivity index (χ0v) is 19.0. The Morgan fingerprint density at radius 2 is 2.06 bits per heavy atom. The predicted octanol–water partition coefficient (Wildman–Crippen LogP) is 4.62. The fourth-order valence-corrected chi connectivity index (χ4v) is 3.92. The highest BCUT2D eigenvalue weighted by molar-refractivity contribution is 7.13. The molecule has 33 heavy (non-hydrogen) atoms. The van der Waals surface area contributed by atoms with Crippen LogP contribution in [0.5, 0.6) is 0 Å². The number of aromatic amines is 1. The van der Waals surface area contributed by atoms with E-state index in [2.05, 4.69) is 20.4 Å². The lowest BCUT2D eigenvalue weighted by Crippen LogP contribution is -2.20. The SMILES string of the molecule is CC(C)c1cc(=O)[nH]c(-n2nc(-c3cccs3)cc2NC(=O)c2cc(Cl)ccc2[N+](=O)[O-])n1. The number of nitro groups is 1. The number of benzene rings is 1. The van der Waals surface area contributed by atoms with Crippen molar-refractivity contribution in [1.29, 1.82) is 0 Å². The Kier molecular flexibility index (Phi) is 6.07. The number of nitrogens with zero attached hydrogens (tertiary/aromatic N) is 4. The molecule has 0 fully saturated rings. The third-order valence-corrected chi connectivity index (χ3v) is 5.79. The summed E-state index contributed by atoms with van der Waals surface area (Å²) in [6.07, 6.45) is 0. The molecule has 0 saturated heterocycles. The van der Waals surface area contributed by atoms with Crippen LogP contribution in [0.3, 0.4) is 0 Å². The zero-order chi connectivity index (χ0) is 23.7. The van der Waals surface area contributed by atoms with Gasteiger partial charge in [0, 0.05) is 23.2 Å². The molecule has 0 radical (unpaired) electrons. The van der Waals surface area contributed by atoms with Gasteiger partial charge in [-0.25, -0.2) is 4.98 Å². The monoisotopic (exact) mass is 484 g/mol. The molecule has 3 heterocycles. The van der Waals surface area contributed by atoms with Crippen LogP contribution in [0.25, 0.3) is 16.5 Å². The minimum atomic E-state index is -0.759. The Morgan fingerprint density at radius 1 is 1.27 bits per heavy atom. The van der Waals surface area contributed by atoms with Crippen molar-refractivity contribution < 1.29 is 9.72 Å². The molecule has 0 aliphatic rings. The average molecular weight is 485 g/mol. The Hall–Kier alpha value is -3.83. The van der Waals surface area contributed by atoms with E-state index in [-0.39, 0.29) is 33.8 Å². The van der Waals surface area contributed by atoms with E-state index < -0.39 is 16.5 Å². The summed E-state index contributed by atoms with van der Waals surface area (Å²) in [6, 6.07) is 10.4. The number of hydrogen-bond donors (Lipinski definition) is 2. The molecule has 3 aromatic heterocycles. The molecule has 0 aliphatic carbocycles. The maximum atomic E-state index is 13.0. The number of thiophene rings is 1. The Balaban J connectivity index is 1.82. The summed E-state index contributed by atoms with van der Waals surface area (Å²) in [7, 11) is 0. The van der Waals surface area contributed by atoms with Gasteiger partial charge in [0.15, 0.2) is 0 Å². The molecular weight excluding hydrogens is 468 g/mol. The Labute approximate surface area is 196 Å². The van der Waals surface area contributed by atoms with E-state index in [1.54, 1.807) is 6.07 Å². The quantitative estimate of drug-likeness (QED) is 0.302. The molecule has 1 amide bonds. The molecule has 4 rings (SSSR count). The fourth-order valence-electron chi connectivity index (χ4n) is 3.07.